The lowest BCUT2D eigenvalue weighted by Crippen LogP contribution is -2.17. The highest BCUT2D eigenvalue weighted by Crippen LogP contribution is 2.30. The van der Waals surface area contributed by atoms with E-state index in [9.17, 15) is 0 Å². The summed E-state index contributed by atoms with van der Waals surface area (Å²) in [5.74, 6) is 2.53. The Morgan fingerprint density at radius 2 is 1.96 bits per heavy atom. The van der Waals surface area contributed by atoms with E-state index < -0.39 is 0 Å². The standard InChI is InChI=1S/C18H17N5OS/c1-23-9-8-19-17(23)15(12-3-5-13(24-2)6-4-12)22-16-14-7-10-25-18(14)21-11-20-16/h3-11,15H,1-2H3,(H,20,21,22)/t15-/m1/s1. The second kappa shape index (κ2) is 6.52. The van der Waals surface area contributed by atoms with E-state index in [0.717, 1.165) is 33.2 Å². The number of nitrogens with zero attached hydrogens (tertiary/aromatic N) is 4. The number of benzene rings is 1. The van der Waals surface area contributed by atoms with Crippen LogP contribution in [0.2, 0.25) is 0 Å². The van der Waals surface area contributed by atoms with Gasteiger partial charge in [-0.3, -0.25) is 0 Å². The van der Waals surface area contributed by atoms with Crippen LogP contribution in [0.5, 0.6) is 5.75 Å². The number of hydrogen-bond acceptors (Lipinski definition) is 6. The van der Waals surface area contributed by atoms with E-state index >= 15 is 0 Å². The molecule has 0 amide bonds. The third kappa shape index (κ3) is 2.94. The Hall–Kier alpha value is -2.93. The Morgan fingerprint density at radius 1 is 1.12 bits per heavy atom. The molecule has 25 heavy (non-hydrogen) atoms. The summed E-state index contributed by atoms with van der Waals surface area (Å²) in [4.78, 5) is 14.2. The lowest BCUT2D eigenvalue weighted by Gasteiger charge is -2.20. The van der Waals surface area contributed by atoms with E-state index in [4.69, 9.17) is 4.74 Å². The fourth-order valence-electron chi connectivity index (χ4n) is 2.79. The first-order valence-electron chi connectivity index (χ1n) is 7.82. The molecule has 0 saturated carbocycles. The lowest BCUT2D eigenvalue weighted by molar-refractivity contribution is 0.414. The maximum Gasteiger partial charge on any atom is 0.139 e. The molecule has 6 nitrogen and oxygen atoms in total. The molecule has 3 aromatic heterocycles. The molecule has 0 aliphatic rings. The quantitative estimate of drug-likeness (QED) is 0.595. The molecule has 0 aliphatic heterocycles. The summed E-state index contributed by atoms with van der Waals surface area (Å²) in [5, 5.41) is 6.57. The summed E-state index contributed by atoms with van der Waals surface area (Å²) in [7, 11) is 3.65. The Bertz CT molecular complexity index is 992. The predicted molar refractivity (Wildman–Crippen MR) is 99.1 cm³/mol. The van der Waals surface area contributed by atoms with Gasteiger partial charge in [-0.05, 0) is 29.1 Å². The van der Waals surface area contributed by atoms with Crippen LogP contribution in [0.25, 0.3) is 10.2 Å². The predicted octanol–water partition coefficient (Wildman–Crippen LogP) is 3.63. The van der Waals surface area contributed by atoms with Crippen LogP contribution < -0.4 is 10.1 Å². The van der Waals surface area contributed by atoms with Crippen molar-refractivity contribution in [3.8, 4) is 5.75 Å². The zero-order valence-electron chi connectivity index (χ0n) is 13.9. The fraction of sp³-hybridized carbons (Fsp3) is 0.167. The monoisotopic (exact) mass is 351 g/mol. The van der Waals surface area contributed by atoms with Crippen molar-refractivity contribution in [1.82, 2.24) is 19.5 Å². The van der Waals surface area contributed by atoms with Gasteiger partial charge in [0.15, 0.2) is 0 Å². The van der Waals surface area contributed by atoms with Crippen LogP contribution in [0.15, 0.2) is 54.4 Å². The molecule has 0 fully saturated rings. The Morgan fingerprint density at radius 3 is 2.68 bits per heavy atom. The van der Waals surface area contributed by atoms with E-state index in [1.54, 1.807) is 31.0 Å². The first-order chi connectivity index (χ1) is 12.3. The van der Waals surface area contributed by atoms with Crippen molar-refractivity contribution in [2.75, 3.05) is 12.4 Å². The van der Waals surface area contributed by atoms with Crippen LogP contribution in [0.4, 0.5) is 5.82 Å². The molecule has 0 bridgehead atoms. The number of imidazole rings is 1. The van der Waals surface area contributed by atoms with Crippen molar-refractivity contribution in [2.45, 2.75) is 6.04 Å². The topological polar surface area (TPSA) is 64.9 Å². The molecule has 1 aromatic carbocycles. The molecule has 7 heteroatoms. The molecular formula is C18H17N5OS. The van der Waals surface area contributed by atoms with Crippen LogP contribution in [0, 0.1) is 0 Å². The van der Waals surface area contributed by atoms with Crippen molar-refractivity contribution in [3.05, 3.63) is 65.8 Å². The average molecular weight is 351 g/mol. The van der Waals surface area contributed by atoms with E-state index in [1.807, 2.05) is 53.5 Å². The minimum atomic E-state index is -0.135. The smallest absolute Gasteiger partial charge is 0.139 e. The minimum absolute atomic E-state index is 0.135. The first-order valence-corrected chi connectivity index (χ1v) is 8.70. The van der Waals surface area contributed by atoms with Crippen molar-refractivity contribution in [2.24, 2.45) is 7.05 Å². The second-order valence-electron chi connectivity index (χ2n) is 5.61. The molecule has 1 atom stereocenters. The zero-order valence-corrected chi connectivity index (χ0v) is 14.7. The number of nitrogens with one attached hydrogen (secondary N) is 1. The first kappa shape index (κ1) is 15.6. The van der Waals surface area contributed by atoms with Gasteiger partial charge in [0.25, 0.3) is 0 Å². The van der Waals surface area contributed by atoms with Crippen molar-refractivity contribution in [1.29, 1.82) is 0 Å². The minimum Gasteiger partial charge on any atom is -0.497 e. The van der Waals surface area contributed by atoms with E-state index in [2.05, 4.69) is 20.3 Å². The van der Waals surface area contributed by atoms with Crippen LogP contribution in [0.3, 0.4) is 0 Å². The number of rotatable bonds is 5. The van der Waals surface area contributed by atoms with Gasteiger partial charge in [0, 0.05) is 19.4 Å². The summed E-state index contributed by atoms with van der Waals surface area (Å²) in [5.41, 5.74) is 1.08. The van der Waals surface area contributed by atoms with Crippen LogP contribution in [0.1, 0.15) is 17.4 Å². The summed E-state index contributed by atoms with van der Waals surface area (Å²) in [6.45, 7) is 0. The van der Waals surface area contributed by atoms with Gasteiger partial charge in [0.05, 0.1) is 12.5 Å². The number of thiophene rings is 1. The van der Waals surface area contributed by atoms with Gasteiger partial charge in [-0.1, -0.05) is 12.1 Å². The molecule has 4 rings (SSSR count). The molecule has 0 radical (unpaired) electrons. The molecule has 0 spiro atoms. The molecule has 4 aromatic rings. The number of fused-ring (bicyclic) bond motifs is 1. The molecule has 3 heterocycles. The Balaban J connectivity index is 1.77. The lowest BCUT2D eigenvalue weighted by atomic mass is 10.1. The number of hydrogen-bond donors (Lipinski definition) is 1. The van der Waals surface area contributed by atoms with Gasteiger partial charge in [-0.25, -0.2) is 15.0 Å². The number of aryl methyl sites for hydroxylation is 1. The van der Waals surface area contributed by atoms with Crippen molar-refractivity contribution in [3.63, 3.8) is 0 Å². The number of ether oxygens (including phenoxy) is 1. The van der Waals surface area contributed by atoms with Gasteiger partial charge in [-0.2, -0.15) is 0 Å². The SMILES string of the molecule is COc1ccc([C@@H](Nc2ncnc3sccc23)c2nccn2C)cc1. The Kier molecular flexibility index (Phi) is 4.07. The van der Waals surface area contributed by atoms with Crippen LogP contribution in [-0.4, -0.2) is 26.6 Å². The highest BCUT2D eigenvalue weighted by atomic mass is 32.1. The van der Waals surface area contributed by atoms with Crippen molar-refractivity contribution < 1.29 is 4.74 Å². The zero-order chi connectivity index (χ0) is 17.2. The maximum absolute atomic E-state index is 5.27. The molecule has 0 aliphatic carbocycles. The average Bonchev–Trinajstić information content (AvgIpc) is 3.29. The van der Waals surface area contributed by atoms with Gasteiger partial charge in [-0.15, -0.1) is 11.3 Å². The number of methoxy groups -OCH3 is 1. The van der Waals surface area contributed by atoms with Gasteiger partial charge < -0.3 is 14.6 Å². The summed E-state index contributed by atoms with van der Waals surface area (Å²) in [6, 6.07) is 9.88. The third-order valence-corrected chi connectivity index (χ3v) is 4.93. The molecule has 0 saturated heterocycles. The molecule has 1 N–H and O–H groups in total. The van der Waals surface area contributed by atoms with Gasteiger partial charge in [0.2, 0.25) is 0 Å². The maximum atomic E-state index is 5.27. The normalized spacial score (nSPS) is 12.2. The largest absolute Gasteiger partial charge is 0.497 e. The fourth-order valence-corrected chi connectivity index (χ4v) is 3.52. The number of aromatic nitrogens is 4. The molecular weight excluding hydrogens is 334 g/mol. The summed E-state index contributed by atoms with van der Waals surface area (Å²) < 4.78 is 7.28. The highest BCUT2D eigenvalue weighted by molar-refractivity contribution is 7.16. The molecule has 126 valence electrons. The van der Waals surface area contributed by atoms with E-state index in [-0.39, 0.29) is 6.04 Å². The van der Waals surface area contributed by atoms with Gasteiger partial charge >= 0.3 is 0 Å². The second-order valence-corrected chi connectivity index (χ2v) is 6.50. The van der Waals surface area contributed by atoms with E-state index in [0.29, 0.717) is 0 Å². The van der Waals surface area contributed by atoms with E-state index in [1.165, 1.54) is 0 Å². The highest BCUT2D eigenvalue weighted by Gasteiger charge is 2.20. The van der Waals surface area contributed by atoms with Crippen molar-refractivity contribution >= 4 is 27.4 Å². The van der Waals surface area contributed by atoms with Crippen LogP contribution >= 0.6 is 11.3 Å². The summed E-state index contributed by atoms with van der Waals surface area (Å²) >= 11 is 1.60. The number of anilines is 1. The van der Waals surface area contributed by atoms with Crippen LogP contribution in [-0.2, 0) is 7.05 Å². The summed E-state index contributed by atoms with van der Waals surface area (Å²) in [6.07, 6.45) is 5.33. The Labute approximate surface area is 149 Å². The van der Waals surface area contributed by atoms with Gasteiger partial charge in [0.1, 0.15) is 34.6 Å². The molecule has 0 unspecified atom stereocenters. The third-order valence-electron chi connectivity index (χ3n) is 4.11.